The van der Waals surface area contributed by atoms with Crippen LogP contribution in [0.4, 0.5) is 0 Å². The van der Waals surface area contributed by atoms with Crippen LogP contribution in [0.2, 0.25) is 0 Å². The van der Waals surface area contributed by atoms with Crippen LogP contribution in [0, 0.1) is 0 Å². The largest absolute Gasteiger partial charge is 0.349 e. The summed E-state index contributed by atoms with van der Waals surface area (Å²) in [7, 11) is 0. The molecule has 1 aliphatic rings. The minimum atomic E-state index is -0.564. The molecular weight excluding hydrogens is 332 g/mol. The van der Waals surface area contributed by atoms with E-state index in [9.17, 15) is 14.4 Å². The van der Waals surface area contributed by atoms with Crippen LogP contribution in [0.25, 0.3) is 11.0 Å². The zero-order chi connectivity index (χ0) is 18.8. The van der Waals surface area contributed by atoms with Crippen molar-refractivity contribution in [1.29, 1.82) is 0 Å². The van der Waals surface area contributed by atoms with E-state index < -0.39 is 11.2 Å². The third-order valence-electron chi connectivity index (χ3n) is 5.06. The number of amides is 1. The van der Waals surface area contributed by atoms with Crippen molar-refractivity contribution in [2.45, 2.75) is 71.4 Å². The number of carbonyl (C=O) groups excluding carboxylic acids is 1. The van der Waals surface area contributed by atoms with Crippen LogP contribution in [-0.4, -0.2) is 26.5 Å². The number of hydrogen-bond acceptors (Lipinski definition) is 4. The molecule has 2 N–H and O–H groups in total. The van der Waals surface area contributed by atoms with Crippen molar-refractivity contribution in [3.63, 3.8) is 0 Å². The monoisotopic (exact) mass is 358 g/mol. The minimum absolute atomic E-state index is 0.0697. The molecule has 0 bridgehead atoms. The van der Waals surface area contributed by atoms with Gasteiger partial charge in [-0.15, -0.1) is 0 Å². The lowest BCUT2D eigenvalue weighted by Crippen LogP contribution is -2.38. The molecule has 0 spiro atoms. The summed E-state index contributed by atoms with van der Waals surface area (Å²) in [6.07, 6.45) is 5.33. The molecule has 7 heteroatoms. The highest BCUT2D eigenvalue weighted by Gasteiger charge is 2.22. The van der Waals surface area contributed by atoms with E-state index in [1.54, 1.807) is 6.07 Å². The minimum Gasteiger partial charge on any atom is -0.349 e. The summed E-state index contributed by atoms with van der Waals surface area (Å²) in [5.74, 6) is -0.196. The molecule has 1 saturated carbocycles. The second-order valence-electron chi connectivity index (χ2n) is 7.26. The van der Waals surface area contributed by atoms with E-state index >= 15 is 0 Å². The van der Waals surface area contributed by atoms with Gasteiger partial charge in [-0.05, 0) is 31.7 Å². The molecule has 26 heavy (non-hydrogen) atoms. The van der Waals surface area contributed by atoms with Crippen molar-refractivity contribution >= 4 is 16.9 Å². The summed E-state index contributed by atoms with van der Waals surface area (Å²) in [6.45, 7) is 6.12. The van der Waals surface area contributed by atoms with Crippen LogP contribution in [0.3, 0.4) is 0 Å². The summed E-state index contributed by atoms with van der Waals surface area (Å²) in [6, 6.07) is 1.82. The molecule has 0 aliphatic heterocycles. The first kappa shape index (κ1) is 18.4. The van der Waals surface area contributed by atoms with Crippen molar-refractivity contribution in [1.82, 2.24) is 19.9 Å². The molecule has 3 rings (SSSR count). The summed E-state index contributed by atoms with van der Waals surface area (Å²) in [5.41, 5.74) is 0.204. The van der Waals surface area contributed by atoms with Crippen LogP contribution in [0.15, 0.2) is 15.7 Å². The van der Waals surface area contributed by atoms with Crippen molar-refractivity contribution in [2.24, 2.45) is 0 Å². The van der Waals surface area contributed by atoms with Gasteiger partial charge in [-0.1, -0.05) is 33.1 Å². The molecule has 0 aromatic carbocycles. The molecule has 0 atom stereocenters. The van der Waals surface area contributed by atoms with Crippen LogP contribution in [0.5, 0.6) is 0 Å². The number of H-pyrrole nitrogens is 1. The summed E-state index contributed by atoms with van der Waals surface area (Å²) >= 11 is 0. The molecule has 1 fully saturated rings. The maximum absolute atomic E-state index is 13.0. The van der Waals surface area contributed by atoms with Gasteiger partial charge in [0.15, 0.2) is 5.65 Å². The number of hydrogen-bond donors (Lipinski definition) is 2. The number of pyridine rings is 1. The molecular formula is C19H26N4O3. The van der Waals surface area contributed by atoms with Crippen molar-refractivity contribution in [2.75, 3.05) is 0 Å². The fourth-order valence-electron chi connectivity index (χ4n) is 3.57. The molecule has 2 aromatic rings. The summed E-state index contributed by atoms with van der Waals surface area (Å²) < 4.78 is 1.40. The number of carbonyl (C=O) groups is 1. The molecule has 0 saturated heterocycles. The maximum atomic E-state index is 13.0. The summed E-state index contributed by atoms with van der Waals surface area (Å²) in [5, 5.41) is 3.25. The Hall–Kier alpha value is -2.44. The number of nitrogens with zero attached hydrogens (tertiary/aromatic N) is 2. The molecule has 2 aromatic heterocycles. The molecule has 140 valence electrons. The van der Waals surface area contributed by atoms with Gasteiger partial charge in [-0.25, -0.2) is 9.78 Å². The molecule has 7 nitrogen and oxygen atoms in total. The van der Waals surface area contributed by atoms with E-state index in [1.807, 2.05) is 20.8 Å². The molecule has 1 amide bonds. The Labute approximate surface area is 151 Å². The van der Waals surface area contributed by atoms with Crippen LogP contribution >= 0.6 is 0 Å². The van der Waals surface area contributed by atoms with E-state index in [4.69, 9.17) is 0 Å². The number of rotatable bonds is 4. The first-order chi connectivity index (χ1) is 12.4. The van der Waals surface area contributed by atoms with Crippen LogP contribution in [0.1, 0.15) is 74.8 Å². The first-order valence-corrected chi connectivity index (χ1v) is 9.41. The molecule has 1 aliphatic carbocycles. The molecule has 0 unspecified atom stereocenters. The predicted octanol–water partition coefficient (Wildman–Crippen LogP) is 2.29. The van der Waals surface area contributed by atoms with Gasteiger partial charge < -0.3 is 5.32 Å². The normalized spacial score (nSPS) is 15.5. The van der Waals surface area contributed by atoms with E-state index in [1.165, 1.54) is 11.0 Å². The Morgan fingerprint density at radius 3 is 2.62 bits per heavy atom. The Morgan fingerprint density at radius 1 is 1.31 bits per heavy atom. The van der Waals surface area contributed by atoms with Crippen LogP contribution in [-0.2, 0) is 6.54 Å². The van der Waals surface area contributed by atoms with Gasteiger partial charge in [-0.3, -0.25) is 19.1 Å². The fourth-order valence-corrected chi connectivity index (χ4v) is 3.57. The van der Waals surface area contributed by atoms with Gasteiger partial charge in [0, 0.05) is 18.3 Å². The SMILES string of the molecule is CCn1c(=O)[nH]c(=O)c2c(C(=O)NC3CCCCC3)cc(C(C)C)nc21. The molecule has 0 radical (unpaired) electrons. The number of fused-ring (bicyclic) bond motifs is 1. The maximum Gasteiger partial charge on any atom is 0.329 e. The second kappa shape index (κ2) is 7.43. The average Bonchev–Trinajstić information content (AvgIpc) is 2.61. The Morgan fingerprint density at radius 2 is 2.00 bits per heavy atom. The Kier molecular flexibility index (Phi) is 5.25. The lowest BCUT2D eigenvalue weighted by Gasteiger charge is -2.23. The van der Waals surface area contributed by atoms with E-state index in [0.29, 0.717) is 17.8 Å². The highest BCUT2D eigenvalue weighted by atomic mass is 16.2. The van der Waals surface area contributed by atoms with Gasteiger partial charge >= 0.3 is 5.69 Å². The highest BCUT2D eigenvalue weighted by molar-refractivity contribution is 6.05. The van der Waals surface area contributed by atoms with Crippen LogP contribution < -0.4 is 16.6 Å². The zero-order valence-corrected chi connectivity index (χ0v) is 15.6. The van der Waals surface area contributed by atoms with Gasteiger partial charge in [0.25, 0.3) is 11.5 Å². The Balaban J connectivity index is 2.17. The first-order valence-electron chi connectivity index (χ1n) is 9.41. The highest BCUT2D eigenvalue weighted by Crippen LogP contribution is 2.22. The zero-order valence-electron chi connectivity index (χ0n) is 15.6. The number of aromatic nitrogens is 3. The van der Waals surface area contributed by atoms with E-state index in [0.717, 1.165) is 25.7 Å². The second-order valence-corrected chi connectivity index (χ2v) is 7.26. The lowest BCUT2D eigenvalue weighted by atomic mass is 9.95. The van der Waals surface area contributed by atoms with E-state index in [-0.39, 0.29) is 28.9 Å². The van der Waals surface area contributed by atoms with Gasteiger partial charge in [-0.2, -0.15) is 0 Å². The number of aromatic amines is 1. The number of aryl methyl sites for hydroxylation is 1. The standard InChI is InChI=1S/C19H26N4O3/c1-4-23-16-15(18(25)22-19(23)26)13(10-14(21-16)11(2)3)17(24)20-12-8-6-5-7-9-12/h10-12H,4-9H2,1-3H3,(H,20,24)(H,22,25,26). The third kappa shape index (κ3) is 3.43. The third-order valence-corrected chi connectivity index (χ3v) is 5.06. The van der Waals surface area contributed by atoms with Gasteiger partial charge in [0.05, 0.1) is 10.9 Å². The predicted molar refractivity (Wildman–Crippen MR) is 101 cm³/mol. The quantitative estimate of drug-likeness (QED) is 0.876. The van der Waals surface area contributed by atoms with Gasteiger partial charge in [0.1, 0.15) is 0 Å². The van der Waals surface area contributed by atoms with Crippen molar-refractivity contribution < 1.29 is 4.79 Å². The molecule has 2 heterocycles. The van der Waals surface area contributed by atoms with Crippen molar-refractivity contribution in [3.8, 4) is 0 Å². The lowest BCUT2D eigenvalue weighted by molar-refractivity contribution is 0.0929. The summed E-state index contributed by atoms with van der Waals surface area (Å²) in [4.78, 5) is 44.4. The van der Waals surface area contributed by atoms with E-state index in [2.05, 4.69) is 15.3 Å². The number of nitrogens with one attached hydrogen (secondary N) is 2. The fraction of sp³-hybridized carbons (Fsp3) is 0.579. The topological polar surface area (TPSA) is 96.9 Å². The van der Waals surface area contributed by atoms with Crippen molar-refractivity contribution in [3.05, 3.63) is 38.2 Å². The smallest absolute Gasteiger partial charge is 0.329 e. The average molecular weight is 358 g/mol. The van der Waals surface area contributed by atoms with Gasteiger partial charge in [0.2, 0.25) is 0 Å². The Bertz CT molecular complexity index is 936.